The van der Waals surface area contributed by atoms with Crippen molar-refractivity contribution in [3.8, 4) is 0 Å². The number of primary amides is 1. The zero-order valence-corrected chi connectivity index (χ0v) is 10.6. The summed E-state index contributed by atoms with van der Waals surface area (Å²) in [6, 6.07) is 0. The van der Waals surface area contributed by atoms with E-state index in [-0.39, 0.29) is 5.91 Å². The van der Waals surface area contributed by atoms with Crippen molar-refractivity contribution in [3.63, 3.8) is 0 Å². The van der Waals surface area contributed by atoms with Crippen LogP contribution in [0.5, 0.6) is 0 Å². The number of amides is 1. The molecule has 3 N–H and O–H groups in total. The summed E-state index contributed by atoms with van der Waals surface area (Å²) in [5, 5.41) is 3.35. The van der Waals surface area contributed by atoms with Crippen LogP contribution in [0, 0.1) is 0 Å². The molecule has 0 aromatic rings. The third kappa shape index (κ3) is 3.19. The fraction of sp³-hybridized carbons (Fsp3) is 0.917. The van der Waals surface area contributed by atoms with Crippen molar-refractivity contribution in [3.05, 3.63) is 0 Å². The molecule has 4 nitrogen and oxygen atoms in total. The van der Waals surface area contributed by atoms with Gasteiger partial charge in [-0.3, -0.25) is 4.79 Å². The quantitative estimate of drug-likeness (QED) is 0.703. The van der Waals surface area contributed by atoms with Crippen LogP contribution in [0.4, 0.5) is 0 Å². The maximum absolute atomic E-state index is 11.6. The highest BCUT2D eigenvalue weighted by atomic mass is 16.1. The number of hydrogen-bond donors (Lipinski definition) is 2. The van der Waals surface area contributed by atoms with Crippen molar-refractivity contribution < 1.29 is 4.79 Å². The number of nitrogens with zero attached hydrogens (tertiary/aromatic N) is 1. The van der Waals surface area contributed by atoms with Gasteiger partial charge in [0.15, 0.2) is 0 Å². The van der Waals surface area contributed by atoms with Gasteiger partial charge in [0.1, 0.15) is 5.54 Å². The molecule has 16 heavy (non-hydrogen) atoms. The number of piperidine rings is 1. The van der Waals surface area contributed by atoms with Gasteiger partial charge in [0.25, 0.3) is 0 Å². The second-order valence-electron chi connectivity index (χ2n) is 4.71. The number of carbonyl (C=O) groups excluding carboxylic acids is 1. The number of carbonyl (C=O) groups is 1. The van der Waals surface area contributed by atoms with Gasteiger partial charge in [0.2, 0.25) is 5.91 Å². The maximum atomic E-state index is 11.6. The minimum Gasteiger partial charge on any atom is -0.368 e. The van der Waals surface area contributed by atoms with Gasteiger partial charge in [-0.15, -0.1) is 0 Å². The van der Waals surface area contributed by atoms with Crippen molar-refractivity contribution in [2.75, 3.05) is 26.2 Å². The number of nitrogens with two attached hydrogens (primary N) is 1. The van der Waals surface area contributed by atoms with E-state index in [1.165, 1.54) is 6.42 Å². The first-order valence-electron chi connectivity index (χ1n) is 6.42. The van der Waals surface area contributed by atoms with Gasteiger partial charge in [0.05, 0.1) is 0 Å². The number of rotatable bonds is 6. The van der Waals surface area contributed by atoms with Crippen LogP contribution >= 0.6 is 0 Å². The standard InChI is InChI=1S/C12H25N3O/c1-3-7-14-12(11(13)16)5-9-15(8-4-2)10-6-12/h14H,3-10H2,1-2H3,(H2,13,16). The van der Waals surface area contributed by atoms with E-state index in [0.717, 1.165) is 45.4 Å². The Kier molecular flexibility index (Phi) is 5.22. The fourth-order valence-electron chi connectivity index (χ4n) is 2.35. The van der Waals surface area contributed by atoms with Crippen LogP contribution < -0.4 is 11.1 Å². The van der Waals surface area contributed by atoms with Crippen LogP contribution in [0.1, 0.15) is 39.5 Å². The summed E-state index contributed by atoms with van der Waals surface area (Å²) in [5.74, 6) is -0.183. The Bertz CT molecular complexity index is 222. The van der Waals surface area contributed by atoms with Crippen LogP contribution in [0.2, 0.25) is 0 Å². The number of hydrogen-bond acceptors (Lipinski definition) is 3. The first kappa shape index (κ1) is 13.5. The third-order valence-corrected chi connectivity index (χ3v) is 3.43. The van der Waals surface area contributed by atoms with Crippen LogP contribution in [0.15, 0.2) is 0 Å². The van der Waals surface area contributed by atoms with E-state index < -0.39 is 5.54 Å². The molecule has 1 heterocycles. The van der Waals surface area contributed by atoms with Gasteiger partial charge in [-0.25, -0.2) is 0 Å². The van der Waals surface area contributed by atoms with Gasteiger partial charge < -0.3 is 16.0 Å². The molecule has 1 fully saturated rings. The van der Waals surface area contributed by atoms with E-state index in [1.54, 1.807) is 0 Å². The zero-order valence-electron chi connectivity index (χ0n) is 10.6. The molecule has 1 aliphatic rings. The highest BCUT2D eigenvalue weighted by Crippen LogP contribution is 2.22. The molecule has 1 aliphatic heterocycles. The molecule has 0 aromatic carbocycles. The third-order valence-electron chi connectivity index (χ3n) is 3.43. The molecule has 0 radical (unpaired) electrons. The highest BCUT2D eigenvalue weighted by Gasteiger charge is 2.38. The van der Waals surface area contributed by atoms with Gasteiger partial charge in [-0.2, -0.15) is 0 Å². The molecule has 0 unspecified atom stereocenters. The zero-order chi connectivity index (χ0) is 12.0. The molecule has 0 aromatic heterocycles. The molecular weight excluding hydrogens is 202 g/mol. The maximum Gasteiger partial charge on any atom is 0.237 e. The SMILES string of the molecule is CCCNC1(C(N)=O)CCN(CCC)CC1. The minimum atomic E-state index is -0.444. The second-order valence-corrected chi connectivity index (χ2v) is 4.71. The smallest absolute Gasteiger partial charge is 0.237 e. The molecule has 0 aliphatic carbocycles. The normalized spacial score (nSPS) is 20.9. The predicted molar refractivity (Wildman–Crippen MR) is 66.2 cm³/mol. The molecule has 4 heteroatoms. The van der Waals surface area contributed by atoms with Gasteiger partial charge in [-0.05, 0) is 38.8 Å². The fourth-order valence-corrected chi connectivity index (χ4v) is 2.35. The topological polar surface area (TPSA) is 58.4 Å². The largest absolute Gasteiger partial charge is 0.368 e. The predicted octanol–water partition coefficient (Wildman–Crippen LogP) is 0.716. The van der Waals surface area contributed by atoms with Crippen LogP contribution in [0.25, 0.3) is 0 Å². The summed E-state index contributed by atoms with van der Waals surface area (Å²) >= 11 is 0. The minimum absolute atomic E-state index is 0.183. The molecule has 0 saturated carbocycles. The van der Waals surface area contributed by atoms with Crippen LogP contribution in [0.3, 0.4) is 0 Å². The monoisotopic (exact) mass is 227 g/mol. The molecule has 94 valence electrons. The van der Waals surface area contributed by atoms with Crippen molar-refractivity contribution >= 4 is 5.91 Å². The Balaban J connectivity index is 2.52. The summed E-state index contributed by atoms with van der Waals surface area (Å²) in [5.41, 5.74) is 5.10. The lowest BCUT2D eigenvalue weighted by Crippen LogP contribution is -2.61. The van der Waals surface area contributed by atoms with Gasteiger partial charge in [-0.1, -0.05) is 13.8 Å². The summed E-state index contributed by atoms with van der Waals surface area (Å²) in [6.45, 7) is 8.25. The van der Waals surface area contributed by atoms with E-state index in [1.807, 2.05) is 0 Å². The van der Waals surface area contributed by atoms with Crippen molar-refractivity contribution in [2.24, 2.45) is 5.73 Å². The van der Waals surface area contributed by atoms with E-state index >= 15 is 0 Å². The second kappa shape index (κ2) is 6.21. The van der Waals surface area contributed by atoms with Crippen LogP contribution in [-0.4, -0.2) is 42.5 Å². The molecule has 0 atom stereocenters. The van der Waals surface area contributed by atoms with Gasteiger partial charge >= 0.3 is 0 Å². The lowest BCUT2D eigenvalue weighted by Gasteiger charge is -2.40. The summed E-state index contributed by atoms with van der Waals surface area (Å²) < 4.78 is 0. The van der Waals surface area contributed by atoms with E-state index in [2.05, 4.69) is 24.1 Å². The molecule has 0 spiro atoms. The highest BCUT2D eigenvalue weighted by molar-refractivity contribution is 5.84. The Morgan fingerprint density at radius 2 is 1.94 bits per heavy atom. The first-order chi connectivity index (χ1) is 7.64. The van der Waals surface area contributed by atoms with Crippen molar-refractivity contribution in [1.82, 2.24) is 10.2 Å². The summed E-state index contributed by atoms with van der Waals surface area (Å²) in [6.07, 6.45) is 3.91. The Hall–Kier alpha value is -0.610. The molecule has 1 saturated heterocycles. The number of nitrogens with one attached hydrogen (secondary N) is 1. The average Bonchev–Trinajstić information content (AvgIpc) is 2.28. The van der Waals surface area contributed by atoms with E-state index in [0.29, 0.717) is 0 Å². The summed E-state index contributed by atoms with van der Waals surface area (Å²) in [4.78, 5) is 14.0. The molecular formula is C12H25N3O. The van der Waals surface area contributed by atoms with E-state index in [9.17, 15) is 4.79 Å². The Morgan fingerprint density at radius 1 is 1.31 bits per heavy atom. The molecule has 1 amide bonds. The molecule has 0 bridgehead atoms. The average molecular weight is 227 g/mol. The number of likely N-dealkylation sites (tertiary alicyclic amines) is 1. The summed E-state index contributed by atoms with van der Waals surface area (Å²) in [7, 11) is 0. The van der Waals surface area contributed by atoms with Gasteiger partial charge in [0, 0.05) is 13.1 Å². The van der Waals surface area contributed by atoms with E-state index in [4.69, 9.17) is 5.73 Å². The first-order valence-corrected chi connectivity index (χ1v) is 6.42. The Morgan fingerprint density at radius 3 is 2.38 bits per heavy atom. The lowest BCUT2D eigenvalue weighted by atomic mass is 9.86. The van der Waals surface area contributed by atoms with Crippen molar-refractivity contribution in [2.45, 2.75) is 45.1 Å². The lowest BCUT2D eigenvalue weighted by molar-refractivity contribution is -0.126. The van der Waals surface area contributed by atoms with Crippen LogP contribution in [-0.2, 0) is 4.79 Å². The van der Waals surface area contributed by atoms with Crippen molar-refractivity contribution in [1.29, 1.82) is 0 Å². The molecule has 1 rings (SSSR count). The Labute approximate surface area is 98.6 Å².